The Labute approximate surface area is 161 Å². The van der Waals surface area contributed by atoms with Crippen molar-refractivity contribution < 1.29 is 13.6 Å². The second-order valence-electron chi connectivity index (χ2n) is 6.84. The van der Waals surface area contributed by atoms with Gasteiger partial charge < -0.3 is 14.7 Å². The van der Waals surface area contributed by atoms with Crippen molar-refractivity contribution in [2.24, 2.45) is 0 Å². The fraction of sp³-hybridized carbons (Fsp3) is 0.350. The van der Waals surface area contributed by atoms with Crippen LogP contribution in [0.4, 0.5) is 4.39 Å². The van der Waals surface area contributed by atoms with E-state index in [0.29, 0.717) is 17.4 Å². The lowest BCUT2D eigenvalue weighted by atomic mass is 10.1. The lowest BCUT2D eigenvalue weighted by molar-refractivity contribution is 0.0910. The number of piperidine rings is 1. The third kappa shape index (κ3) is 3.73. The molecule has 0 radical (unpaired) electrons. The number of nitrogens with zero attached hydrogens (tertiary/aromatic N) is 1. The number of fused-ring (bicyclic) bond motifs is 1. The van der Waals surface area contributed by atoms with Crippen LogP contribution in [-0.2, 0) is 0 Å². The number of rotatable bonds is 5. The number of carbonyl (C=O) groups is 1. The van der Waals surface area contributed by atoms with E-state index in [-0.39, 0.29) is 22.7 Å². The molecule has 0 aliphatic carbocycles. The van der Waals surface area contributed by atoms with E-state index in [4.69, 9.17) is 16.0 Å². The van der Waals surface area contributed by atoms with Crippen molar-refractivity contribution in [1.82, 2.24) is 15.2 Å². The number of aromatic nitrogens is 1. The molecule has 1 fully saturated rings. The lowest BCUT2D eigenvalue weighted by Crippen LogP contribution is -2.40. The zero-order valence-corrected chi connectivity index (χ0v) is 15.6. The van der Waals surface area contributed by atoms with E-state index < -0.39 is 5.82 Å². The van der Waals surface area contributed by atoms with Gasteiger partial charge in [0.2, 0.25) is 0 Å². The Morgan fingerprint density at radius 1 is 1.30 bits per heavy atom. The normalized spacial score (nSPS) is 16.5. The minimum Gasteiger partial charge on any atom is -0.468 e. The molecule has 1 amide bonds. The zero-order valence-electron chi connectivity index (χ0n) is 14.8. The summed E-state index contributed by atoms with van der Waals surface area (Å²) in [7, 11) is 0. The summed E-state index contributed by atoms with van der Waals surface area (Å²) < 4.78 is 19.1. The molecule has 1 atom stereocenters. The van der Waals surface area contributed by atoms with Crippen LogP contribution < -0.4 is 5.32 Å². The highest BCUT2D eigenvalue weighted by molar-refractivity contribution is 6.38. The van der Waals surface area contributed by atoms with Crippen molar-refractivity contribution in [1.29, 1.82) is 0 Å². The Balaban J connectivity index is 1.52. The molecular weight excluding hydrogens is 369 g/mol. The van der Waals surface area contributed by atoms with E-state index in [0.717, 1.165) is 31.7 Å². The van der Waals surface area contributed by atoms with Crippen LogP contribution in [0.15, 0.2) is 41.0 Å². The first kappa shape index (κ1) is 18.1. The van der Waals surface area contributed by atoms with Crippen molar-refractivity contribution in [3.63, 3.8) is 0 Å². The summed E-state index contributed by atoms with van der Waals surface area (Å²) in [6, 6.07) is 8.00. The number of nitrogens with one attached hydrogen (secondary N) is 2. The topological polar surface area (TPSA) is 61.3 Å². The zero-order chi connectivity index (χ0) is 18.8. The van der Waals surface area contributed by atoms with Crippen LogP contribution in [0.5, 0.6) is 0 Å². The van der Waals surface area contributed by atoms with Crippen LogP contribution in [0.25, 0.3) is 10.9 Å². The summed E-state index contributed by atoms with van der Waals surface area (Å²) in [5.41, 5.74) is 0.874. The first-order valence-electron chi connectivity index (χ1n) is 9.16. The van der Waals surface area contributed by atoms with Crippen molar-refractivity contribution >= 4 is 28.4 Å². The summed E-state index contributed by atoms with van der Waals surface area (Å²) >= 11 is 6.30. The van der Waals surface area contributed by atoms with Crippen molar-refractivity contribution in [2.45, 2.75) is 25.3 Å². The minimum atomic E-state index is -0.390. The Bertz CT molecular complexity index is 932. The fourth-order valence-electron chi connectivity index (χ4n) is 3.69. The van der Waals surface area contributed by atoms with Gasteiger partial charge in [0.1, 0.15) is 17.3 Å². The SMILES string of the molecule is O=C(NC[C@@H](c1ccco1)N1CCCCC1)c1[nH]c2ccc(F)cc2c1Cl. The Morgan fingerprint density at radius 3 is 2.85 bits per heavy atom. The van der Waals surface area contributed by atoms with Gasteiger partial charge in [-0.1, -0.05) is 18.0 Å². The number of hydrogen-bond donors (Lipinski definition) is 2. The first-order valence-corrected chi connectivity index (χ1v) is 9.53. The molecule has 3 aromatic rings. The molecule has 4 rings (SSSR count). The molecule has 0 spiro atoms. The molecule has 0 bridgehead atoms. The third-order valence-corrected chi connectivity index (χ3v) is 5.48. The van der Waals surface area contributed by atoms with Gasteiger partial charge in [-0.25, -0.2) is 4.39 Å². The molecule has 2 aromatic heterocycles. The van der Waals surface area contributed by atoms with Gasteiger partial charge in [-0.15, -0.1) is 0 Å². The maximum Gasteiger partial charge on any atom is 0.269 e. The van der Waals surface area contributed by atoms with Gasteiger partial charge in [-0.3, -0.25) is 9.69 Å². The van der Waals surface area contributed by atoms with Gasteiger partial charge in [0.25, 0.3) is 5.91 Å². The number of hydrogen-bond acceptors (Lipinski definition) is 3. The quantitative estimate of drug-likeness (QED) is 0.674. The number of benzene rings is 1. The minimum absolute atomic E-state index is 0.0233. The molecule has 5 nitrogen and oxygen atoms in total. The van der Waals surface area contributed by atoms with E-state index >= 15 is 0 Å². The van der Waals surface area contributed by atoms with E-state index in [1.165, 1.54) is 18.6 Å². The molecule has 27 heavy (non-hydrogen) atoms. The first-order chi connectivity index (χ1) is 13.1. The Kier molecular flexibility index (Phi) is 5.18. The maximum absolute atomic E-state index is 13.5. The van der Waals surface area contributed by atoms with Gasteiger partial charge >= 0.3 is 0 Å². The highest BCUT2D eigenvalue weighted by atomic mass is 35.5. The molecule has 142 valence electrons. The standard InChI is InChI=1S/C20H21ClFN3O2/c21-18-14-11-13(22)6-7-15(14)24-19(18)20(26)23-12-16(17-5-4-10-27-17)25-8-2-1-3-9-25/h4-7,10-11,16,24H,1-3,8-9,12H2,(H,23,26)/t16-/m0/s1. The molecule has 1 aliphatic heterocycles. The van der Waals surface area contributed by atoms with Crippen molar-refractivity contribution in [2.75, 3.05) is 19.6 Å². The fourth-order valence-corrected chi connectivity index (χ4v) is 3.98. The van der Waals surface area contributed by atoms with Crippen molar-refractivity contribution in [3.05, 3.63) is 58.9 Å². The average molecular weight is 390 g/mol. The van der Waals surface area contributed by atoms with Crippen LogP contribution in [0, 0.1) is 5.82 Å². The molecule has 3 heterocycles. The number of likely N-dealkylation sites (tertiary alicyclic amines) is 1. The monoisotopic (exact) mass is 389 g/mol. The second kappa shape index (κ2) is 7.74. The average Bonchev–Trinajstić information content (AvgIpc) is 3.32. The predicted octanol–water partition coefficient (Wildman–Crippen LogP) is 4.51. The third-order valence-electron chi connectivity index (χ3n) is 5.08. The summed E-state index contributed by atoms with van der Waals surface area (Å²) in [5, 5.41) is 3.68. The van der Waals surface area contributed by atoms with Crippen LogP contribution in [-0.4, -0.2) is 35.4 Å². The van der Waals surface area contributed by atoms with E-state index in [1.807, 2.05) is 12.1 Å². The maximum atomic E-state index is 13.5. The summed E-state index contributed by atoms with van der Waals surface area (Å²) in [6.45, 7) is 2.37. The highest BCUT2D eigenvalue weighted by Gasteiger charge is 2.26. The molecule has 0 saturated carbocycles. The highest BCUT2D eigenvalue weighted by Crippen LogP contribution is 2.29. The molecule has 1 aromatic carbocycles. The number of aromatic amines is 1. The van der Waals surface area contributed by atoms with Gasteiger partial charge in [0, 0.05) is 17.4 Å². The second-order valence-corrected chi connectivity index (χ2v) is 7.22. The van der Waals surface area contributed by atoms with Crippen LogP contribution in [0.2, 0.25) is 5.02 Å². The molecule has 1 aliphatic rings. The summed E-state index contributed by atoms with van der Waals surface area (Å²) in [5.74, 6) is 0.130. The molecule has 0 unspecified atom stereocenters. The van der Waals surface area contributed by atoms with Crippen LogP contribution >= 0.6 is 11.6 Å². The number of furan rings is 1. The Hall–Kier alpha value is -2.31. The summed E-state index contributed by atoms with van der Waals surface area (Å²) in [6.07, 6.45) is 5.17. The smallest absolute Gasteiger partial charge is 0.269 e. The molecule has 2 N–H and O–H groups in total. The number of amides is 1. The van der Waals surface area contributed by atoms with Crippen LogP contribution in [0.3, 0.4) is 0 Å². The number of halogens is 2. The molecular formula is C20H21ClFN3O2. The largest absolute Gasteiger partial charge is 0.468 e. The molecule has 7 heteroatoms. The van der Waals surface area contributed by atoms with Gasteiger partial charge in [0.05, 0.1) is 17.3 Å². The van der Waals surface area contributed by atoms with Gasteiger partial charge in [0.15, 0.2) is 0 Å². The number of carbonyl (C=O) groups excluding carboxylic acids is 1. The van der Waals surface area contributed by atoms with Gasteiger partial charge in [-0.2, -0.15) is 0 Å². The lowest BCUT2D eigenvalue weighted by Gasteiger charge is -2.33. The van der Waals surface area contributed by atoms with E-state index in [9.17, 15) is 9.18 Å². The van der Waals surface area contributed by atoms with Gasteiger partial charge in [-0.05, 0) is 56.3 Å². The molecule has 1 saturated heterocycles. The number of H-pyrrole nitrogens is 1. The van der Waals surface area contributed by atoms with E-state index in [2.05, 4.69) is 15.2 Å². The van der Waals surface area contributed by atoms with Crippen molar-refractivity contribution in [3.8, 4) is 0 Å². The summed E-state index contributed by atoms with van der Waals surface area (Å²) in [4.78, 5) is 18.0. The predicted molar refractivity (Wildman–Crippen MR) is 102 cm³/mol. The van der Waals surface area contributed by atoms with E-state index in [1.54, 1.807) is 12.3 Å². The van der Waals surface area contributed by atoms with Crippen LogP contribution in [0.1, 0.15) is 41.6 Å². The Morgan fingerprint density at radius 2 is 2.11 bits per heavy atom.